The molecule has 0 aliphatic carbocycles. The molecule has 132 valence electrons. The molecule has 2 rings (SSSR count). The van der Waals surface area contributed by atoms with E-state index in [0.717, 1.165) is 5.56 Å². The van der Waals surface area contributed by atoms with Gasteiger partial charge in [-0.05, 0) is 52.3 Å². The zero-order chi connectivity index (χ0) is 18.1. The van der Waals surface area contributed by atoms with Crippen LogP contribution in [0.15, 0.2) is 17.2 Å². The summed E-state index contributed by atoms with van der Waals surface area (Å²) in [7, 11) is 0. The largest absolute Gasteiger partial charge is 0.598 e. The first-order valence-electron chi connectivity index (χ1n) is 7.76. The van der Waals surface area contributed by atoms with Gasteiger partial charge in [0.1, 0.15) is 21.9 Å². The van der Waals surface area contributed by atoms with Gasteiger partial charge in [0, 0.05) is 33.8 Å². The molecule has 8 heteroatoms. The van der Waals surface area contributed by atoms with Crippen LogP contribution in [0.1, 0.15) is 51.8 Å². The zero-order valence-corrected chi connectivity index (χ0v) is 15.4. The third-order valence-corrected chi connectivity index (χ3v) is 5.53. The topological polar surface area (TPSA) is 93.1 Å². The number of fused-ring (bicyclic) bond motifs is 1. The van der Waals surface area contributed by atoms with E-state index < -0.39 is 21.7 Å². The lowest BCUT2D eigenvalue weighted by atomic mass is 9.97. The van der Waals surface area contributed by atoms with E-state index in [1.54, 1.807) is 0 Å². The molecule has 1 N–H and O–H groups in total. The maximum absolute atomic E-state index is 14.0. The summed E-state index contributed by atoms with van der Waals surface area (Å²) in [5.74, 6) is 0.216. The summed E-state index contributed by atoms with van der Waals surface area (Å²) in [6.07, 6.45) is 0.460. The monoisotopic (exact) mass is 354 g/mol. The molecule has 1 aliphatic heterocycles. The van der Waals surface area contributed by atoms with Crippen molar-refractivity contribution >= 4 is 11.4 Å². The van der Waals surface area contributed by atoms with E-state index in [2.05, 4.69) is 14.7 Å². The van der Waals surface area contributed by atoms with Gasteiger partial charge in [0.05, 0.1) is 12.6 Å². The van der Waals surface area contributed by atoms with Crippen molar-refractivity contribution in [1.29, 1.82) is 0 Å². The molecular weight excluding hydrogens is 331 g/mol. The minimum atomic E-state index is -1.29. The Bertz CT molecular complexity index is 673. The maximum atomic E-state index is 14.0. The van der Waals surface area contributed by atoms with Crippen LogP contribution in [0.5, 0.6) is 5.75 Å². The fraction of sp³-hybridized carbons (Fsp3) is 0.625. The van der Waals surface area contributed by atoms with E-state index in [4.69, 9.17) is 10.3 Å². The first kappa shape index (κ1) is 18.9. The van der Waals surface area contributed by atoms with E-state index in [0.29, 0.717) is 17.7 Å². The zero-order valence-electron chi connectivity index (χ0n) is 14.6. The third-order valence-electron chi connectivity index (χ3n) is 3.85. The highest BCUT2D eigenvalue weighted by molar-refractivity contribution is 7.90. The van der Waals surface area contributed by atoms with Crippen LogP contribution in [-0.2, 0) is 17.8 Å². The SMILES string of the molecule is CC(N[S+]([O-])C(C)(C)C)c1cc(F)cc2c1OC(C)(CN=[N+]=[N-])C2. The summed E-state index contributed by atoms with van der Waals surface area (Å²) in [4.78, 5) is 2.77. The molecule has 0 saturated carbocycles. The molecule has 1 aromatic rings. The van der Waals surface area contributed by atoms with Crippen LogP contribution in [0.25, 0.3) is 10.4 Å². The molecule has 1 aromatic carbocycles. The van der Waals surface area contributed by atoms with Crippen molar-refractivity contribution in [1.82, 2.24) is 4.72 Å². The summed E-state index contributed by atoms with van der Waals surface area (Å²) in [6.45, 7) is 9.42. The highest BCUT2D eigenvalue weighted by Crippen LogP contribution is 2.41. The predicted molar refractivity (Wildman–Crippen MR) is 92.6 cm³/mol. The van der Waals surface area contributed by atoms with E-state index in [-0.39, 0.29) is 18.4 Å². The number of rotatable bonds is 5. The molecule has 3 unspecified atom stereocenters. The molecule has 0 bridgehead atoms. The lowest BCUT2D eigenvalue weighted by Gasteiger charge is -2.27. The van der Waals surface area contributed by atoms with Crippen LogP contribution in [0, 0.1) is 5.82 Å². The summed E-state index contributed by atoms with van der Waals surface area (Å²) >= 11 is -1.29. The fourth-order valence-electron chi connectivity index (χ4n) is 2.61. The number of ether oxygens (including phenoxy) is 1. The second kappa shape index (κ2) is 6.80. The van der Waals surface area contributed by atoms with Gasteiger partial charge in [-0.25, -0.2) is 4.39 Å². The van der Waals surface area contributed by atoms with Gasteiger partial charge in [-0.15, -0.1) is 4.72 Å². The summed E-state index contributed by atoms with van der Waals surface area (Å²) in [6, 6.07) is 2.49. The van der Waals surface area contributed by atoms with Crippen molar-refractivity contribution in [3.8, 4) is 5.75 Å². The second-order valence-corrected chi connectivity index (χ2v) is 9.32. The Balaban J connectivity index is 2.30. The smallest absolute Gasteiger partial charge is 0.136 e. The van der Waals surface area contributed by atoms with Crippen LogP contribution >= 0.6 is 0 Å². The Hall–Kier alpha value is -1.47. The number of azide groups is 1. The lowest BCUT2D eigenvalue weighted by molar-refractivity contribution is 0.124. The lowest BCUT2D eigenvalue weighted by Crippen LogP contribution is -2.40. The Morgan fingerprint density at radius 3 is 2.79 bits per heavy atom. The van der Waals surface area contributed by atoms with Crippen molar-refractivity contribution in [2.75, 3.05) is 6.54 Å². The number of hydrogen-bond donors (Lipinski definition) is 1. The quantitative estimate of drug-likeness (QED) is 0.375. The van der Waals surface area contributed by atoms with Crippen LogP contribution in [0.3, 0.4) is 0 Å². The third kappa shape index (κ3) is 4.13. The summed E-state index contributed by atoms with van der Waals surface area (Å²) < 4.78 is 34.9. The average molecular weight is 354 g/mol. The highest BCUT2D eigenvalue weighted by Gasteiger charge is 2.38. The minimum absolute atomic E-state index is 0.162. The highest BCUT2D eigenvalue weighted by atomic mass is 32.2. The van der Waals surface area contributed by atoms with Crippen molar-refractivity contribution in [3.63, 3.8) is 0 Å². The van der Waals surface area contributed by atoms with Gasteiger partial charge in [-0.3, -0.25) is 0 Å². The van der Waals surface area contributed by atoms with Gasteiger partial charge in [-0.2, -0.15) is 0 Å². The standard InChI is InChI=1S/C16H23FN4O2S/c1-10(20-24(22)15(2,3)4)13-7-12(17)6-11-8-16(5,9-19-21-18)23-14(11)13/h6-7,10,20H,8-9H2,1-5H3. The number of hydrogen-bond acceptors (Lipinski definition) is 4. The Morgan fingerprint density at radius 1 is 1.54 bits per heavy atom. The maximum Gasteiger partial charge on any atom is 0.136 e. The fourth-order valence-corrected chi connectivity index (χ4v) is 3.41. The van der Waals surface area contributed by atoms with Gasteiger partial charge in [0.25, 0.3) is 0 Å². The molecule has 1 aliphatic rings. The molecule has 1 heterocycles. The number of halogens is 1. The van der Waals surface area contributed by atoms with Crippen molar-refractivity contribution in [3.05, 3.63) is 39.5 Å². The Morgan fingerprint density at radius 2 is 2.21 bits per heavy atom. The van der Waals surface area contributed by atoms with Crippen LogP contribution in [0.2, 0.25) is 0 Å². The van der Waals surface area contributed by atoms with E-state index in [9.17, 15) is 8.94 Å². The Labute approximate surface area is 144 Å². The molecule has 0 aromatic heterocycles. The van der Waals surface area contributed by atoms with Crippen molar-refractivity contribution < 1.29 is 13.7 Å². The van der Waals surface area contributed by atoms with Gasteiger partial charge in [-0.1, -0.05) is 5.11 Å². The molecule has 6 nitrogen and oxygen atoms in total. The first-order valence-corrected chi connectivity index (χ1v) is 8.91. The van der Waals surface area contributed by atoms with Gasteiger partial charge >= 0.3 is 0 Å². The first-order chi connectivity index (χ1) is 11.1. The second-order valence-electron chi connectivity index (χ2n) is 7.32. The van der Waals surface area contributed by atoms with Crippen LogP contribution < -0.4 is 9.46 Å². The van der Waals surface area contributed by atoms with E-state index in [1.165, 1.54) is 12.1 Å². The predicted octanol–water partition coefficient (Wildman–Crippen LogP) is 3.94. The molecule has 0 fully saturated rings. The molecular formula is C16H23FN4O2S. The number of nitrogens with one attached hydrogen (secondary N) is 1. The summed E-state index contributed by atoms with van der Waals surface area (Å²) in [5, 5.41) is 3.58. The summed E-state index contributed by atoms with van der Waals surface area (Å²) in [5.41, 5.74) is 9.17. The van der Waals surface area contributed by atoms with Crippen molar-refractivity contribution in [2.24, 2.45) is 5.11 Å². The molecule has 0 saturated heterocycles. The Kier molecular flexibility index (Phi) is 5.34. The van der Waals surface area contributed by atoms with Gasteiger partial charge < -0.3 is 9.29 Å². The van der Waals surface area contributed by atoms with Crippen molar-refractivity contribution in [2.45, 2.75) is 57.4 Å². The van der Waals surface area contributed by atoms with Gasteiger partial charge in [0.2, 0.25) is 0 Å². The molecule has 0 radical (unpaired) electrons. The van der Waals surface area contributed by atoms with E-state index in [1.807, 2.05) is 34.6 Å². The van der Waals surface area contributed by atoms with Gasteiger partial charge in [0.15, 0.2) is 0 Å². The number of nitrogens with zero attached hydrogens (tertiary/aromatic N) is 3. The van der Waals surface area contributed by atoms with E-state index >= 15 is 0 Å². The average Bonchev–Trinajstić information content (AvgIpc) is 2.79. The normalized spacial score (nSPS) is 22.3. The molecule has 0 amide bonds. The number of benzene rings is 1. The molecule has 3 atom stereocenters. The minimum Gasteiger partial charge on any atom is -0.598 e. The van der Waals surface area contributed by atoms with Crippen LogP contribution in [-0.4, -0.2) is 21.4 Å². The molecule has 24 heavy (non-hydrogen) atoms. The molecule has 0 spiro atoms. The van der Waals surface area contributed by atoms with Crippen LogP contribution in [0.4, 0.5) is 4.39 Å².